The van der Waals surface area contributed by atoms with Crippen molar-refractivity contribution in [1.82, 2.24) is 5.32 Å². The highest BCUT2D eigenvalue weighted by Crippen LogP contribution is 2.34. The van der Waals surface area contributed by atoms with Crippen LogP contribution in [0, 0.1) is 0 Å². The molecule has 5 nitrogen and oxygen atoms in total. The van der Waals surface area contributed by atoms with Crippen molar-refractivity contribution in [2.24, 2.45) is 0 Å². The highest BCUT2D eigenvalue weighted by atomic mass is 19.4. The molecule has 19 heavy (non-hydrogen) atoms. The number of carboxylic acid groups (broad SMARTS) is 1. The van der Waals surface area contributed by atoms with Gasteiger partial charge >= 0.3 is 18.2 Å². The Morgan fingerprint density at radius 2 is 1.84 bits per heavy atom. The number of amides is 2. The first-order valence-corrected chi connectivity index (χ1v) is 5.18. The lowest BCUT2D eigenvalue weighted by Gasteiger charge is -2.15. The molecule has 0 radical (unpaired) electrons. The van der Waals surface area contributed by atoms with E-state index in [2.05, 4.69) is 0 Å². The van der Waals surface area contributed by atoms with Crippen molar-refractivity contribution in [2.75, 3.05) is 5.32 Å². The Bertz CT molecular complexity index is 488. The third-order valence-corrected chi connectivity index (χ3v) is 2.20. The van der Waals surface area contributed by atoms with Crippen molar-refractivity contribution in [3.63, 3.8) is 0 Å². The first-order valence-electron chi connectivity index (χ1n) is 5.18. The molecule has 0 saturated heterocycles. The second kappa shape index (κ2) is 5.59. The summed E-state index contributed by atoms with van der Waals surface area (Å²) < 4.78 is 37.9. The quantitative estimate of drug-likeness (QED) is 0.792. The van der Waals surface area contributed by atoms with Crippen LogP contribution < -0.4 is 10.6 Å². The minimum absolute atomic E-state index is 0.440. The molecule has 104 valence electrons. The predicted octanol–water partition coefficient (Wildman–Crippen LogP) is 2.30. The number of benzene rings is 1. The van der Waals surface area contributed by atoms with E-state index < -0.39 is 35.5 Å². The highest BCUT2D eigenvalue weighted by molar-refractivity contribution is 5.92. The Morgan fingerprint density at radius 3 is 2.37 bits per heavy atom. The summed E-state index contributed by atoms with van der Waals surface area (Å²) in [7, 11) is 0. The molecule has 1 rings (SSSR count). The van der Waals surface area contributed by atoms with Crippen molar-refractivity contribution in [1.29, 1.82) is 0 Å². The number of aliphatic carboxylic acids is 1. The van der Waals surface area contributed by atoms with E-state index in [0.717, 1.165) is 12.1 Å². The molecular weight excluding hydrogens is 265 g/mol. The highest BCUT2D eigenvalue weighted by Gasteiger charge is 2.33. The van der Waals surface area contributed by atoms with Crippen LogP contribution in [-0.4, -0.2) is 23.1 Å². The lowest BCUT2D eigenvalue weighted by molar-refractivity contribution is -0.139. The van der Waals surface area contributed by atoms with Gasteiger partial charge in [-0.25, -0.2) is 4.79 Å². The number of carbonyl (C=O) groups is 2. The number of hydrogen-bond donors (Lipinski definition) is 3. The van der Waals surface area contributed by atoms with Crippen LogP contribution in [0.4, 0.5) is 23.7 Å². The van der Waals surface area contributed by atoms with Crippen LogP contribution in [0.3, 0.4) is 0 Å². The summed E-state index contributed by atoms with van der Waals surface area (Å²) in [6.45, 7) is 1.19. The van der Waals surface area contributed by atoms with E-state index >= 15 is 0 Å². The number of anilines is 1. The third kappa shape index (κ3) is 4.16. The second-order valence-corrected chi connectivity index (χ2v) is 3.70. The molecule has 0 aliphatic rings. The van der Waals surface area contributed by atoms with Gasteiger partial charge in [0.15, 0.2) is 0 Å². The van der Waals surface area contributed by atoms with Gasteiger partial charge in [-0.05, 0) is 19.1 Å². The number of carboxylic acids is 1. The molecule has 0 aliphatic carbocycles. The molecule has 0 unspecified atom stereocenters. The van der Waals surface area contributed by atoms with Gasteiger partial charge in [0.25, 0.3) is 0 Å². The molecule has 0 aliphatic heterocycles. The van der Waals surface area contributed by atoms with Crippen LogP contribution in [0.15, 0.2) is 24.3 Å². The molecule has 0 heterocycles. The molecule has 3 N–H and O–H groups in total. The van der Waals surface area contributed by atoms with Crippen molar-refractivity contribution in [2.45, 2.75) is 19.1 Å². The molecular formula is C11H11F3N2O3. The average molecular weight is 276 g/mol. The van der Waals surface area contributed by atoms with Crippen LogP contribution in [0.2, 0.25) is 0 Å². The molecule has 8 heteroatoms. The number of hydrogen-bond acceptors (Lipinski definition) is 2. The summed E-state index contributed by atoms with van der Waals surface area (Å²) in [6.07, 6.45) is -4.61. The number of alkyl halides is 3. The van der Waals surface area contributed by atoms with Crippen LogP contribution in [0.5, 0.6) is 0 Å². The maximum absolute atomic E-state index is 12.6. The maximum atomic E-state index is 12.6. The molecule has 1 aromatic carbocycles. The first-order chi connectivity index (χ1) is 8.71. The summed E-state index contributed by atoms with van der Waals surface area (Å²) in [4.78, 5) is 21.8. The van der Waals surface area contributed by atoms with Gasteiger partial charge in [0.05, 0.1) is 11.3 Å². The fourth-order valence-corrected chi connectivity index (χ4v) is 1.26. The van der Waals surface area contributed by atoms with Crippen LogP contribution in [-0.2, 0) is 11.0 Å². The number of nitrogens with one attached hydrogen (secondary N) is 2. The van der Waals surface area contributed by atoms with Crippen molar-refractivity contribution in [3.8, 4) is 0 Å². The smallest absolute Gasteiger partial charge is 0.418 e. The van der Waals surface area contributed by atoms with Crippen molar-refractivity contribution < 1.29 is 27.9 Å². The van der Waals surface area contributed by atoms with Gasteiger partial charge in [-0.3, -0.25) is 4.79 Å². The van der Waals surface area contributed by atoms with Gasteiger partial charge in [0, 0.05) is 0 Å². The monoisotopic (exact) mass is 276 g/mol. The molecule has 1 aromatic rings. The predicted molar refractivity (Wildman–Crippen MR) is 60.7 cm³/mol. The van der Waals surface area contributed by atoms with E-state index in [9.17, 15) is 22.8 Å². The van der Waals surface area contributed by atoms with E-state index in [1.54, 1.807) is 0 Å². The van der Waals surface area contributed by atoms with E-state index in [1.165, 1.54) is 19.1 Å². The van der Waals surface area contributed by atoms with E-state index in [1.807, 2.05) is 10.6 Å². The van der Waals surface area contributed by atoms with Crippen LogP contribution in [0.25, 0.3) is 0 Å². The minimum atomic E-state index is -4.61. The molecule has 0 aromatic heterocycles. The Labute approximate surface area is 106 Å². The summed E-state index contributed by atoms with van der Waals surface area (Å²) in [5.74, 6) is -1.29. The molecule has 0 bridgehead atoms. The van der Waals surface area contributed by atoms with Crippen LogP contribution >= 0.6 is 0 Å². The molecule has 0 saturated carbocycles. The summed E-state index contributed by atoms with van der Waals surface area (Å²) in [5, 5.41) is 12.5. The lowest BCUT2D eigenvalue weighted by Crippen LogP contribution is -2.41. The van der Waals surface area contributed by atoms with Gasteiger partial charge in [-0.1, -0.05) is 12.1 Å². The molecule has 2 amide bonds. The zero-order valence-electron chi connectivity index (χ0n) is 9.78. The van der Waals surface area contributed by atoms with Crippen molar-refractivity contribution >= 4 is 17.7 Å². The zero-order valence-corrected chi connectivity index (χ0v) is 9.78. The maximum Gasteiger partial charge on any atom is 0.418 e. The Morgan fingerprint density at radius 1 is 1.26 bits per heavy atom. The Balaban J connectivity index is 2.83. The Hall–Kier alpha value is -2.25. The average Bonchev–Trinajstić information content (AvgIpc) is 2.27. The first kappa shape index (κ1) is 14.8. The van der Waals surface area contributed by atoms with E-state index in [0.29, 0.717) is 0 Å². The number of rotatable bonds is 3. The second-order valence-electron chi connectivity index (χ2n) is 3.70. The number of para-hydroxylation sites is 1. The standard InChI is InChI=1S/C11H11F3N2O3/c1-6(9(17)18)15-10(19)16-8-5-3-2-4-7(8)11(12,13)14/h2-6H,1H3,(H,17,18)(H2,15,16,19)/t6-/m1/s1. The van der Waals surface area contributed by atoms with E-state index in [-0.39, 0.29) is 0 Å². The van der Waals surface area contributed by atoms with E-state index in [4.69, 9.17) is 5.11 Å². The summed E-state index contributed by atoms with van der Waals surface area (Å²) >= 11 is 0. The van der Waals surface area contributed by atoms with Gasteiger partial charge in [0.2, 0.25) is 0 Å². The van der Waals surface area contributed by atoms with Crippen molar-refractivity contribution in [3.05, 3.63) is 29.8 Å². The van der Waals surface area contributed by atoms with Gasteiger partial charge < -0.3 is 15.7 Å². The minimum Gasteiger partial charge on any atom is -0.480 e. The van der Waals surface area contributed by atoms with Gasteiger partial charge in [-0.15, -0.1) is 0 Å². The summed E-state index contributed by atoms with van der Waals surface area (Å²) in [5.41, 5.74) is -1.45. The molecule has 0 fully saturated rings. The normalized spacial score (nSPS) is 12.6. The number of halogens is 3. The zero-order chi connectivity index (χ0) is 14.6. The third-order valence-electron chi connectivity index (χ3n) is 2.20. The van der Waals surface area contributed by atoms with Gasteiger partial charge in [-0.2, -0.15) is 13.2 Å². The Kier molecular flexibility index (Phi) is 4.36. The lowest BCUT2D eigenvalue weighted by atomic mass is 10.1. The SMILES string of the molecule is C[C@@H](NC(=O)Nc1ccccc1C(F)(F)F)C(=O)O. The largest absolute Gasteiger partial charge is 0.480 e. The fourth-order valence-electron chi connectivity index (χ4n) is 1.26. The molecule has 0 spiro atoms. The molecule has 1 atom stereocenters. The van der Waals surface area contributed by atoms with Crippen LogP contribution in [0.1, 0.15) is 12.5 Å². The van der Waals surface area contributed by atoms with Gasteiger partial charge in [0.1, 0.15) is 6.04 Å². The summed E-state index contributed by atoms with van der Waals surface area (Å²) in [6, 6.07) is 2.17. The fraction of sp³-hybridized carbons (Fsp3) is 0.273. The topological polar surface area (TPSA) is 78.4 Å². The number of urea groups is 1. The number of carbonyl (C=O) groups excluding carboxylic acids is 1.